The van der Waals surface area contributed by atoms with Crippen molar-refractivity contribution >= 4 is 21.6 Å². The molecule has 0 heterocycles. The molecular formula is C12H18N2O4S. The molecule has 0 aromatic heterocycles. The Morgan fingerprint density at radius 2 is 1.89 bits per heavy atom. The average Bonchev–Trinajstić information content (AvgIpc) is 2.34. The second kappa shape index (κ2) is 7.10. The van der Waals surface area contributed by atoms with Crippen molar-refractivity contribution in [2.24, 2.45) is 0 Å². The van der Waals surface area contributed by atoms with Crippen LogP contribution in [0.3, 0.4) is 0 Å². The minimum atomic E-state index is -3.21. The standard InChI is InChI=1S/C12H18N2O4S/c1-3-18-9-8-13-12(15)14-10-4-6-11(7-5-10)19(2,16)17/h4-7H,3,8-9H2,1-2H3,(H2,13,14,15). The van der Waals surface area contributed by atoms with E-state index in [2.05, 4.69) is 10.6 Å². The summed E-state index contributed by atoms with van der Waals surface area (Å²) in [7, 11) is -3.21. The number of carbonyl (C=O) groups is 1. The van der Waals surface area contributed by atoms with Crippen LogP contribution in [0, 0.1) is 0 Å². The highest BCUT2D eigenvalue weighted by molar-refractivity contribution is 7.90. The summed E-state index contributed by atoms with van der Waals surface area (Å²) in [6, 6.07) is 5.62. The molecule has 19 heavy (non-hydrogen) atoms. The summed E-state index contributed by atoms with van der Waals surface area (Å²) in [5.74, 6) is 0. The van der Waals surface area contributed by atoms with Gasteiger partial charge in [-0.3, -0.25) is 0 Å². The lowest BCUT2D eigenvalue weighted by Gasteiger charge is -2.08. The van der Waals surface area contributed by atoms with Crippen molar-refractivity contribution in [1.82, 2.24) is 5.32 Å². The highest BCUT2D eigenvalue weighted by Gasteiger charge is 2.07. The zero-order chi connectivity index (χ0) is 14.3. The first-order valence-corrected chi connectivity index (χ1v) is 7.75. The van der Waals surface area contributed by atoms with E-state index in [9.17, 15) is 13.2 Å². The first kappa shape index (κ1) is 15.5. The van der Waals surface area contributed by atoms with Gasteiger partial charge in [-0.25, -0.2) is 13.2 Å². The van der Waals surface area contributed by atoms with E-state index in [-0.39, 0.29) is 10.9 Å². The molecule has 2 amide bonds. The average molecular weight is 286 g/mol. The van der Waals surface area contributed by atoms with Crippen LogP contribution in [-0.4, -0.2) is 40.5 Å². The Kier molecular flexibility index (Phi) is 5.78. The molecule has 0 saturated carbocycles. The highest BCUT2D eigenvalue weighted by Crippen LogP contribution is 2.13. The molecule has 0 atom stereocenters. The molecule has 1 rings (SSSR count). The number of hydrogen-bond donors (Lipinski definition) is 2. The Balaban J connectivity index is 2.47. The van der Waals surface area contributed by atoms with Crippen LogP contribution in [0.2, 0.25) is 0 Å². The predicted octanol–water partition coefficient (Wildman–Crippen LogP) is 1.25. The van der Waals surface area contributed by atoms with Crippen LogP contribution in [0.1, 0.15) is 6.92 Å². The number of hydrogen-bond acceptors (Lipinski definition) is 4. The van der Waals surface area contributed by atoms with Crippen LogP contribution in [0.15, 0.2) is 29.2 Å². The molecule has 2 N–H and O–H groups in total. The summed E-state index contributed by atoms with van der Waals surface area (Å²) < 4.78 is 27.6. The first-order chi connectivity index (χ1) is 8.93. The SMILES string of the molecule is CCOCCNC(=O)Nc1ccc(S(C)(=O)=O)cc1. The lowest BCUT2D eigenvalue weighted by atomic mass is 10.3. The van der Waals surface area contributed by atoms with Crippen molar-refractivity contribution in [2.75, 3.05) is 31.3 Å². The molecule has 106 valence electrons. The Hall–Kier alpha value is -1.60. The van der Waals surface area contributed by atoms with Crippen LogP contribution >= 0.6 is 0 Å². The topological polar surface area (TPSA) is 84.5 Å². The second-order valence-corrected chi connectivity index (χ2v) is 5.89. The van der Waals surface area contributed by atoms with Gasteiger partial charge in [-0.05, 0) is 31.2 Å². The second-order valence-electron chi connectivity index (χ2n) is 3.87. The van der Waals surface area contributed by atoms with Crippen LogP contribution in [-0.2, 0) is 14.6 Å². The van der Waals surface area contributed by atoms with Crippen molar-refractivity contribution in [3.8, 4) is 0 Å². The number of amides is 2. The summed E-state index contributed by atoms with van der Waals surface area (Å²) in [5.41, 5.74) is 0.529. The zero-order valence-corrected chi connectivity index (χ0v) is 11.8. The molecule has 0 aliphatic carbocycles. The molecule has 1 aromatic carbocycles. The van der Waals surface area contributed by atoms with Gasteiger partial charge in [0, 0.05) is 25.1 Å². The number of carbonyl (C=O) groups excluding carboxylic acids is 1. The van der Waals surface area contributed by atoms with Gasteiger partial charge >= 0.3 is 6.03 Å². The quantitative estimate of drug-likeness (QED) is 0.771. The molecular weight excluding hydrogens is 268 g/mol. The third-order valence-corrected chi connectivity index (χ3v) is 3.40. The van der Waals surface area contributed by atoms with Crippen molar-refractivity contribution in [3.05, 3.63) is 24.3 Å². The Morgan fingerprint density at radius 1 is 1.26 bits per heavy atom. The van der Waals surface area contributed by atoms with Crippen molar-refractivity contribution in [3.63, 3.8) is 0 Å². The van der Waals surface area contributed by atoms with Gasteiger partial charge in [-0.15, -0.1) is 0 Å². The molecule has 0 saturated heterocycles. The minimum absolute atomic E-state index is 0.217. The number of rotatable bonds is 6. The first-order valence-electron chi connectivity index (χ1n) is 5.86. The molecule has 0 aliphatic rings. The zero-order valence-electron chi connectivity index (χ0n) is 11.0. The van der Waals surface area contributed by atoms with Gasteiger partial charge in [0.15, 0.2) is 9.84 Å². The van der Waals surface area contributed by atoms with E-state index in [0.717, 1.165) is 6.26 Å². The molecule has 0 fully saturated rings. The van der Waals surface area contributed by atoms with E-state index in [1.165, 1.54) is 12.1 Å². The Labute approximate surface area is 113 Å². The monoisotopic (exact) mass is 286 g/mol. The van der Waals surface area contributed by atoms with Gasteiger partial charge in [-0.1, -0.05) is 0 Å². The number of nitrogens with one attached hydrogen (secondary N) is 2. The smallest absolute Gasteiger partial charge is 0.319 e. The fourth-order valence-electron chi connectivity index (χ4n) is 1.34. The Morgan fingerprint density at radius 3 is 2.42 bits per heavy atom. The van der Waals surface area contributed by atoms with Gasteiger partial charge in [0.2, 0.25) is 0 Å². The van der Waals surface area contributed by atoms with Crippen LogP contribution < -0.4 is 10.6 Å². The summed E-state index contributed by atoms with van der Waals surface area (Å²) in [6.07, 6.45) is 1.13. The third kappa shape index (κ3) is 5.71. The van der Waals surface area contributed by atoms with Crippen molar-refractivity contribution in [1.29, 1.82) is 0 Å². The normalized spacial score (nSPS) is 11.1. The van der Waals surface area contributed by atoms with E-state index in [0.29, 0.717) is 25.4 Å². The highest BCUT2D eigenvalue weighted by atomic mass is 32.2. The lowest BCUT2D eigenvalue weighted by molar-refractivity contribution is 0.150. The van der Waals surface area contributed by atoms with Crippen LogP contribution in [0.5, 0.6) is 0 Å². The van der Waals surface area contributed by atoms with E-state index in [1.54, 1.807) is 12.1 Å². The van der Waals surface area contributed by atoms with Crippen molar-refractivity contribution < 1.29 is 17.9 Å². The molecule has 6 nitrogen and oxygen atoms in total. The number of urea groups is 1. The fourth-order valence-corrected chi connectivity index (χ4v) is 1.97. The van der Waals surface area contributed by atoms with Crippen LogP contribution in [0.4, 0.5) is 10.5 Å². The molecule has 0 bridgehead atoms. The minimum Gasteiger partial charge on any atom is -0.380 e. The maximum absolute atomic E-state index is 11.5. The predicted molar refractivity (Wildman–Crippen MR) is 73.1 cm³/mol. The summed E-state index contributed by atoms with van der Waals surface area (Å²) in [6.45, 7) is 3.36. The number of anilines is 1. The Bertz CT molecular complexity index is 511. The summed E-state index contributed by atoms with van der Waals surface area (Å²) in [5, 5.41) is 5.21. The van der Waals surface area contributed by atoms with E-state index >= 15 is 0 Å². The third-order valence-electron chi connectivity index (χ3n) is 2.28. The van der Waals surface area contributed by atoms with E-state index < -0.39 is 9.84 Å². The van der Waals surface area contributed by atoms with Gasteiger partial charge in [0.05, 0.1) is 11.5 Å². The van der Waals surface area contributed by atoms with E-state index in [4.69, 9.17) is 4.74 Å². The summed E-state index contributed by atoms with van der Waals surface area (Å²) in [4.78, 5) is 11.7. The van der Waals surface area contributed by atoms with Gasteiger partial charge in [0.25, 0.3) is 0 Å². The number of ether oxygens (including phenoxy) is 1. The van der Waals surface area contributed by atoms with Gasteiger partial charge in [-0.2, -0.15) is 0 Å². The lowest BCUT2D eigenvalue weighted by Crippen LogP contribution is -2.31. The molecule has 0 aliphatic heterocycles. The number of sulfone groups is 1. The largest absolute Gasteiger partial charge is 0.380 e. The molecule has 1 aromatic rings. The van der Waals surface area contributed by atoms with Gasteiger partial charge in [0.1, 0.15) is 0 Å². The number of benzene rings is 1. The van der Waals surface area contributed by atoms with Crippen LogP contribution in [0.25, 0.3) is 0 Å². The fraction of sp³-hybridized carbons (Fsp3) is 0.417. The maximum Gasteiger partial charge on any atom is 0.319 e. The molecule has 0 spiro atoms. The maximum atomic E-state index is 11.5. The van der Waals surface area contributed by atoms with Gasteiger partial charge < -0.3 is 15.4 Å². The van der Waals surface area contributed by atoms with Crippen molar-refractivity contribution in [2.45, 2.75) is 11.8 Å². The summed E-state index contributed by atoms with van der Waals surface area (Å²) >= 11 is 0. The molecule has 0 unspecified atom stereocenters. The molecule has 7 heteroatoms. The molecule has 0 radical (unpaired) electrons. The van der Waals surface area contributed by atoms with E-state index in [1.807, 2.05) is 6.92 Å².